The number of hydrogen-bond donors (Lipinski definition) is 2. The third-order valence-corrected chi connectivity index (χ3v) is 4.28. The maximum absolute atomic E-state index is 10.9. The summed E-state index contributed by atoms with van der Waals surface area (Å²) in [7, 11) is 0. The first-order chi connectivity index (χ1) is 7.24. The van der Waals surface area contributed by atoms with E-state index in [4.69, 9.17) is 5.11 Å². The van der Waals surface area contributed by atoms with Crippen molar-refractivity contribution in [2.45, 2.75) is 12.3 Å². The monoisotopic (exact) mass is 224 g/mol. The maximum atomic E-state index is 10.9. The van der Waals surface area contributed by atoms with Crippen molar-refractivity contribution in [1.29, 1.82) is 0 Å². The lowest BCUT2D eigenvalue weighted by molar-refractivity contribution is 0.0689. The van der Waals surface area contributed by atoms with Crippen LogP contribution in [0.3, 0.4) is 0 Å². The minimum atomic E-state index is -0.907. The molecule has 0 bridgehead atoms. The number of hydrogen-bond acceptors (Lipinski definition) is 3. The van der Waals surface area contributed by atoms with Gasteiger partial charge in [-0.2, -0.15) is 16.9 Å². The summed E-state index contributed by atoms with van der Waals surface area (Å²) in [4.78, 5) is 10.9. The fourth-order valence-electron chi connectivity index (χ4n) is 2.84. The predicted molar refractivity (Wildman–Crippen MR) is 57.4 cm³/mol. The molecule has 0 aliphatic heterocycles. The number of nitrogens with zero attached hydrogens (tertiary/aromatic N) is 1. The van der Waals surface area contributed by atoms with Crippen LogP contribution in [0.5, 0.6) is 0 Å². The molecule has 5 heteroatoms. The SMILES string of the molecule is CSCC1[C@H]2Cc3c(C(=O)O)n[nH]c3[C@@H]12. The zero-order chi connectivity index (χ0) is 10.6. The van der Waals surface area contributed by atoms with E-state index in [-0.39, 0.29) is 5.69 Å². The first-order valence-electron chi connectivity index (χ1n) is 5.03. The van der Waals surface area contributed by atoms with E-state index in [1.165, 1.54) is 5.75 Å². The van der Waals surface area contributed by atoms with E-state index in [1.54, 1.807) is 0 Å². The standard InChI is InChI=1S/C10H12N2O2S/c1-15-3-6-4-2-5-8(7(4)6)11-12-9(5)10(13)14/h4,6-7H,2-3H2,1H3,(H,11,12)(H,13,14)/t4-,6?,7-/m1/s1. The molecule has 1 unspecified atom stereocenters. The van der Waals surface area contributed by atoms with Gasteiger partial charge in [-0.25, -0.2) is 4.79 Å². The Morgan fingerprint density at radius 1 is 1.73 bits per heavy atom. The van der Waals surface area contributed by atoms with E-state index >= 15 is 0 Å². The molecule has 4 nitrogen and oxygen atoms in total. The Morgan fingerprint density at radius 3 is 3.20 bits per heavy atom. The topological polar surface area (TPSA) is 66.0 Å². The van der Waals surface area contributed by atoms with Gasteiger partial charge in [0.1, 0.15) is 0 Å². The molecule has 3 rings (SSSR count). The third kappa shape index (κ3) is 1.16. The number of H-pyrrole nitrogens is 1. The van der Waals surface area contributed by atoms with Crippen molar-refractivity contribution in [1.82, 2.24) is 10.2 Å². The zero-order valence-corrected chi connectivity index (χ0v) is 9.17. The lowest BCUT2D eigenvalue weighted by Crippen LogP contribution is -2.03. The first kappa shape index (κ1) is 9.27. The average molecular weight is 224 g/mol. The minimum absolute atomic E-state index is 0.236. The summed E-state index contributed by atoms with van der Waals surface area (Å²) < 4.78 is 0. The minimum Gasteiger partial charge on any atom is -0.476 e. The molecule has 2 aliphatic rings. The highest BCUT2D eigenvalue weighted by atomic mass is 32.2. The van der Waals surface area contributed by atoms with Gasteiger partial charge in [0.05, 0.1) is 0 Å². The molecule has 1 saturated carbocycles. The fourth-order valence-corrected chi connectivity index (χ4v) is 3.68. The number of nitrogens with one attached hydrogen (secondary N) is 1. The van der Waals surface area contributed by atoms with Crippen LogP contribution in [-0.2, 0) is 6.42 Å². The number of carbonyl (C=O) groups is 1. The highest BCUT2D eigenvalue weighted by Gasteiger charge is 2.57. The molecule has 1 aromatic heterocycles. The van der Waals surface area contributed by atoms with E-state index in [0.29, 0.717) is 11.8 Å². The van der Waals surface area contributed by atoms with Gasteiger partial charge in [-0.1, -0.05) is 0 Å². The van der Waals surface area contributed by atoms with Crippen LogP contribution < -0.4 is 0 Å². The molecule has 0 spiro atoms. The Balaban J connectivity index is 1.88. The van der Waals surface area contributed by atoms with Crippen LogP contribution >= 0.6 is 11.8 Å². The van der Waals surface area contributed by atoms with Gasteiger partial charge in [0.25, 0.3) is 0 Å². The molecule has 1 aromatic rings. The number of aromatic nitrogens is 2. The number of fused-ring (bicyclic) bond motifs is 3. The van der Waals surface area contributed by atoms with E-state index in [1.807, 2.05) is 11.8 Å². The van der Waals surface area contributed by atoms with Crippen molar-refractivity contribution in [3.8, 4) is 0 Å². The Morgan fingerprint density at radius 2 is 2.53 bits per heavy atom. The van der Waals surface area contributed by atoms with Gasteiger partial charge in [0.2, 0.25) is 0 Å². The van der Waals surface area contributed by atoms with Gasteiger partial charge >= 0.3 is 5.97 Å². The summed E-state index contributed by atoms with van der Waals surface area (Å²) in [5.74, 6) is 2.26. The van der Waals surface area contributed by atoms with Crippen molar-refractivity contribution in [2.24, 2.45) is 11.8 Å². The Hall–Kier alpha value is -0.970. The van der Waals surface area contributed by atoms with Crippen molar-refractivity contribution in [2.75, 3.05) is 12.0 Å². The lowest BCUT2D eigenvalue weighted by Gasteiger charge is -2.01. The van der Waals surface area contributed by atoms with Crippen LogP contribution in [0.2, 0.25) is 0 Å². The quantitative estimate of drug-likeness (QED) is 0.813. The van der Waals surface area contributed by atoms with Crippen LogP contribution in [0.4, 0.5) is 0 Å². The molecule has 2 aliphatic carbocycles. The molecule has 0 saturated heterocycles. The molecule has 2 N–H and O–H groups in total. The molecular formula is C10H12N2O2S. The van der Waals surface area contributed by atoms with E-state index in [2.05, 4.69) is 16.5 Å². The average Bonchev–Trinajstić information content (AvgIpc) is 2.60. The number of rotatable bonds is 3. The summed E-state index contributed by atoms with van der Waals surface area (Å²) in [5.41, 5.74) is 2.28. The van der Waals surface area contributed by atoms with Crippen LogP contribution in [0.15, 0.2) is 0 Å². The zero-order valence-electron chi connectivity index (χ0n) is 8.36. The van der Waals surface area contributed by atoms with E-state index < -0.39 is 5.97 Å². The van der Waals surface area contributed by atoms with Crippen molar-refractivity contribution in [3.63, 3.8) is 0 Å². The second-order valence-electron chi connectivity index (χ2n) is 4.28. The normalized spacial score (nSPS) is 31.1. The number of aromatic carboxylic acids is 1. The van der Waals surface area contributed by atoms with Gasteiger partial charge < -0.3 is 5.11 Å². The summed E-state index contributed by atoms with van der Waals surface area (Å²) >= 11 is 1.87. The summed E-state index contributed by atoms with van der Waals surface area (Å²) in [6.07, 6.45) is 3.02. The van der Waals surface area contributed by atoms with Crippen molar-refractivity contribution >= 4 is 17.7 Å². The van der Waals surface area contributed by atoms with Gasteiger partial charge in [0, 0.05) is 17.2 Å². The van der Waals surface area contributed by atoms with Crippen LogP contribution in [-0.4, -0.2) is 33.3 Å². The summed E-state index contributed by atoms with van der Waals surface area (Å²) in [6, 6.07) is 0. The third-order valence-electron chi connectivity index (χ3n) is 3.57. The second kappa shape index (κ2) is 3.01. The predicted octanol–water partition coefficient (Wildman–Crippen LogP) is 1.36. The van der Waals surface area contributed by atoms with Crippen LogP contribution in [0.25, 0.3) is 0 Å². The number of thioether (sulfide) groups is 1. The Labute approximate surface area is 91.5 Å². The molecule has 0 radical (unpaired) electrons. The van der Waals surface area contributed by atoms with Gasteiger partial charge in [-0.05, 0) is 30.3 Å². The van der Waals surface area contributed by atoms with Crippen molar-refractivity contribution in [3.05, 3.63) is 17.0 Å². The summed E-state index contributed by atoms with van der Waals surface area (Å²) in [5, 5.41) is 15.7. The van der Waals surface area contributed by atoms with Crippen LogP contribution in [0.1, 0.15) is 27.7 Å². The molecule has 0 aromatic carbocycles. The van der Waals surface area contributed by atoms with Crippen LogP contribution in [0, 0.1) is 11.8 Å². The molecule has 80 valence electrons. The van der Waals surface area contributed by atoms with E-state index in [9.17, 15) is 4.79 Å². The molecule has 3 atom stereocenters. The largest absolute Gasteiger partial charge is 0.476 e. The van der Waals surface area contributed by atoms with Crippen molar-refractivity contribution < 1.29 is 9.90 Å². The molecule has 15 heavy (non-hydrogen) atoms. The van der Waals surface area contributed by atoms with Gasteiger partial charge in [0.15, 0.2) is 5.69 Å². The molecule has 1 fully saturated rings. The number of carboxylic acids is 1. The molecule has 1 heterocycles. The first-order valence-corrected chi connectivity index (χ1v) is 6.42. The smallest absolute Gasteiger partial charge is 0.356 e. The number of aromatic amines is 1. The van der Waals surface area contributed by atoms with Gasteiger partial charge in [-0.15, -0.1) is 0 Å². The maximum Gasteiger partial charge on any atom is 0.356 e. The summed E-state index contributed by atoms with van der Waals surface area (Å²) in [6.45, 7) is 0. The Kier molecular flexibility index (Phi) is 1.86. The van der Waals surface area contributed by atoms with E-state index in [0.717, 1.165) is 23.6 Å². The fraction of sp³-hybridized carbons (Fsp3) is 0.600. The second-order valence-corrected chi connectivity index (χ2v) is 5.19. The highest BCUT2D eigenvalue weighted by Crippen LogP contribution is 2.61. The highest BCUT2D eigenvalue weighted by molar-refractivity contribution is 7.98. The molecular weight excluding hydrogens is 212 g/mol. The lowest BCUT2D eigenvalue weighted by atomic mass is 10.1. The van der Waals surface area contributed by atoms with Gasteiger partial charge in [-0.3, -0.25) is 5.10 Å². The Bertz CT molecular complexity index is 429. The number of carboxylic acid groups (broad SMARTS) is 1. The molecule has 0 amide bonds.